The third-order valence-corrected chi connectivity index (χ3v) is 7.52. The fraction of sp³-hybridized carbons (Fsp3) is 0.905. The molecule has 0 N–H and O–H groups in total. The smallest absolute Gasteiger partial charge is 0.417 e. The SMILES string of the molecule is [N-]=[N+]=C(C(=O)O[C@]1(C2CCCCC2)CN2CCCC[C@@H]21)C1CCCCC1. The number of ether oxygens (including phenoxy) is 1. The number of rotatable bonds is 4. The number of nitrogens with zero attached hydrogens (tertiary/aromatic N) is 3. The lowest BCUT2D eigenvalue weighted by Crippen LogP contribution is -2.75. The zero-order chi connectivity index (χ0) is 18.0. The van der Waals surface area contributed by atoms with Crippen LogP contribution in [0.25, 0.3) is 5.53 Å². The normalized spacial score (nSPS) is 33.6. The zero-order valence-electron chi connectivity index (χ0n) is 16.0. The van der Waals surface area contributed by atoms with Crippen LogP contribution in [-0.4, -0.2) is 46.1 Å². The lowest BCUT2D eigenvalue weighted by molar-refractivity contribution is -0.225. The Bertz CT molecular complexity index is 564. The first-order chi connectivity index (χ1) is 12.7. The Hall–Kier alpha value is -1.19. The summed E-state index contributed by atoms with van der Waals surface area (Å²) in [6, 6.07) is 0.384. The molecule has 0 spiro atoms. The van der Waals surface area contributed by atoms with Crippen molar-refractivity contribution >= 4 is 11.7 Å². The highest BCUT2D eigenvalue weighted by molar-refractivity contribution is 6.34. The molecule has 0 aromatic rings. The van der Waals surface area contributed by atoms with E-state index in [9.17, 15) is 10.3 Å². The molecule has 5 heteroatoms. The molecule has 2 saturated heterocycles. The average Bonchev–Trinajstić information content (AvgIpc) is 2.68. The van der Waals surface area contributed by atoms with E-state index in [1.54, 1.807) is 0 Å². The van der Waals surface area contributed by atoms with Gasteiger partial charge in [0.15, 0.2) is 0 Å². The summed E-state index contributed by atoms with van der Waals surface area (Å²) >= 11 is 0. The van der Waals surface area contributed by atoms with Gasteiger partial charge in [0.1, 0.15) is 5.60 Å². The molecule has 2 aliphatic heterocycles. The van der Waals surface area contributed by atoms with Crippen molar-refractivity contribution in [2.75, 3.05) is 13.1 Å². The number of fused-ring (bicyclic) bond motifs is 1. The van der Waals surface area contributed by atoms with Crippen LogP contribution in [0.5, 0.6) is 0 Å². The molecule has 0 radical (unpaired) electrons. The quantitative estimate of drug-likeness (QED) is 0.330. The van der Waals surface area contributed by atoms with E-state index in [1.165, 1.54) is 51.4 Å². The molecule has 4 rings (SSSR count). The molecule has 0 unspecified atom stereocenters. The highest BCUT2D eigenvalue weighted by Gasteiger charge is 2.60. The van der Waals surface area contributed by atoms with Crippen molar-refractivity contribution in [1.82, 2.24) is 4.90 Å². The number of hydrogen-bond donors (Lipinski definition) is 0. The van der Waals surface area contributed by atoms with Crippen molar-refractivity contribution < 1.29 is 14.3 Å². The highest BCUT2D eigenvalue weighted by Crippen LogP contribution is 2.48. The van der Waals surface area contributed by atoms with Crippen molar-refractivity contribution in [3.8, 4) is 0 Å². The van der Waals surface area contributed by atoms with Crippen molar-refractivity contribution in [2.24, 2.45) is 11.8 Å². The summed E-state index contributed by atoms with van der Waals surface area (Å²) in [4.78, 5) is 19.0. The van der Waals surface area contributed by atoms with E-state index in [4.69, 9.17) is 4.74 Å². The van der Waals surface area contributed by atoms with Gasteiger partial charge in [0.25, 0.3) is 0 Å². The number of carbonyl (C=O) groups is 1. The fourth-order valence-electron chi connectivity index (χ4n) is 6.11. The first kappa shape index (κ1) is 18.2. The first-order valence-corrected chi connectivity index (χ1v) is 10.9. The van der Waals surface area contributed by atoms with Crippen LogP contribution in [-0.2, 0) is 9.53 Å². The van der Waals surface area contributed by atoms with Crippen LogP contribution in [0.2, 0.25) is 0 Å². The third kappa shape index (κ3) is 3.25. The van der Waals surface area contributed by atoms with Crippen LogP contribution >= 0.6 is 0 Å². The largest absolute Gasteiger partial charge is 0.447 e. The molecule has 0 amide bonds. The molecular formula is C21H33N3O2. The highest BCUT2D eigenvalue weighted by atomic mass is 16.6. The lowest BCUT2D eigenvalue weighted by atomic mass is 9.65. The maximum atomic E-state index is 13.1. The van der Waals surface area contributed by atoms with Gasteiger partial charge in [-0.15, -0.1) is 0 Å². The van der Waals surface area contributed by atoms with Crippen LogP contribution in [0.3, 0.4) is 0 Å². The van der Waals surface area contributed by atoms with E-state index in [1.807, 2.05) is 0 Å². The van der Waals surface area contributed by atoms with E-state index < -0.39 is 0 Å². The molecule has 144 valence electrons. The van der Waals surface area contributed by atoms with Gasteiger partial charge in [0.2, 0.25) is 0 Å². The van der Waals surface area contributed by atoms with Gasteiger partial charge >= 0.3 is 11.7 Å². The predicted molar refractivity (Wildman–Crippen MR) is 99.8 cm³/mol. The van der Waals surface area contributed by atoms with E-state index in [0.717, 1.165) is 45.2 Å². The van der Waals surface area contributed by atoms with Gasteiger partial charge in [-0.3, -0.25) is 4.90 Å². The van der Waals surface area contributed by atoms with Crippen molar-refractivity contribution in [3.05, 3.63) is 5.53 Å². The first-order valence-electron chi connectivity index (χ1n) is 10.9. The van der Waals surface area contributed by atoms with E-state index in [-0.39, 0.29) is 23.2 Å². The van der Waals surface area contributed by atoms with E-state index >= 15 is 0 Å². The topological polar surface area (TPSA) is 65.9 Å². The molecule has 2 saturated carbocycles. The van der Waals surface area contributed by atoms with E-state index in [2.05, 4.69) is 9.69 Å². The number of piperidine rings is 1. The maximum Gasteiger partial charge on any atom is 0.417 e. The van der Waals surface area contributed by atoms with Crippen LogP contribution in [0.1, 0.15) is 83.5 Å². The van der Waals surface area contributed by atoms with Gasteiger partial charge in [-0.1, -0.05) is 44.9 Å². The monoisotopic (exact) mass is 359 g/mol. The van der Waals surface area contributed by atoms with Gasteiger partial charge in [0.05, 0.1) is 12.0 Å². The van der Waals surface area contributed by atoms with Crippen molar-refractivity contribution in [2.45, 2.75) is 95.1 Å². The minimum absolute atomic E-state index is 0.0761. The molecule has 0 aromatic heterocycles. The Balaban J connectivity index is 1.52. The molecule has 2 heterocycles. The molecular weight excluding hydrogens is 326 g/mol. The Morgan fingerprint density at radius 2 is 1.58 bits per heavy atom. The Kier molecular flexibility index (Phi) is 5.47. The van der Waals surface area contributed by atoms with Crippen molar-refractivity contribution in [1.29, 1.82) is 0 Å². The van der Waals surface area contributed by atoms with Gasteiger partial charge in [0, 0.05) is 12.5 Å². The third-order valence-electron chi connectivity index (χ3n) is 7.52. The Labute approximate surface area is 157 Å². The second kappa shape index (κ2) is 7.82. The molecule has 2 atom stereocenters. The predicted octanol–water partition coefficient (Wildman–Crippen LogP) is 3.97. The Morgan fingerprint density at radius 1 is 0.923 bits per heavy atom. The van der Waals surface area contributed by atoms with Crippen LogP contribution in [0.15, 0.2) is 0 Å². The molecule has 5 nitrogen and oxygen atoms in total. The molecule has 0 aromatic carbocycles. The van der Waals surface area contributed by atoms with Gasteiger partial charge in [-0.2, -0.15) is 4.79 Å². The minimum atomic E-state index is -0.338. The zero-order valence-corrected chi connectivity index (χ0v) is 16.0. The summed E-state index contributed by atoms with van der Waals surface area (Å²) in [6.45, 7) is 2.03. The van der Waals surface area contributed by atoms with Crippen molar-refractivity contribution in [3.63, 3.8) is 0 Å². The summed E-state index contributed by atoms with van der Waals surface area (Å²) < 4.78 is 6.32. The number of esters is 1. The second-order valence-corrected chi connectivity index (χ2v) is 8.98. The number of carbonyl (C=O) groups excluding carboxylic acids is 1. The van der Waals surface area contributed by atoms with Crippen LogP contribution < -0.4 is 0 Å². The summed E-state index contributed by atoms with van der Waals surface area (Å²) in [5, 5.41) is 0. The Morgan fingerprint density at radius 3 is 2.23 bits per heavy atom. The molecule has 2 aliphatic carbocycles. The summed E-state index contributed by atoms with van der Waals surface area (Å²) in [5.41, 5.74) is 9.51. The summed E-state index contributed by atoms with van der Waals surface area (Å²) in [7, 11) is 0. The fourth-order valence-corrected chi connectivity index (χ4v) is 6.11. The van der Waals surface area contributed by atoms with Gasteiger partial charge in [-0.05, 0) is 45.1 Å². The molecule has 0 bridgehead atoms. The summed E-state index contributed by atoms with van der Waals surface area (Å²) in [5.74, 6) is 0.216. The second-order valence-electron chi connectivity index (χ2n) is 8.98. The standard InChI is InChI=1S/C21H33N3O2/c22-23-19(16-9-3-1-4-10-16)20(25)26-21(17-11-5-2-6-12-17)15-24-14-8-7-13-18(21)24/h16-18H,1-15H2/t18-,21+/m1/s1. The number of hydrogen-bond acceptors (Lipinski definition) is 3. The van der Waals surface area contributed by atoms with Gasteiger partial charge in [-0.25, -0.2) is 4.79 Å². The lowest BCUT2D eigenvalue weighted by Gasteiger charge is -2.61. The van der Waals surface area contributed by atoms with E-state index in [0.29, 0.717) is 12.0 Å². The molecule has 26 heavy (non-hydrogen) atoms. The molecule has 4 aliphatic rings. The summed E-state index contributed by atoms with van der Waals surface area (Å²) in [6.07, 6.45) is 15.1. The molecule has 4 fully saturated rings. The van der Waals surface area contributed by atoms with Crippen LogP contribution in [0.4, 0.5) is 0 Å². The average molecular weight is 360 g/mol. The maximum absolute atomic E-state index is 13.1. The minimum Gasteiger partial charge on any atom is -0.447 e. The van der Waals surface area contributed by atoms with Gasteiger partial charge < -0.3 is 10.3 Å². The van der Waals surface area contributed by atoms with Crippen LogP contribution in [0, 0.1) is 11.8 Å².